The van der Waals surface area contributed by atoms with Crippen molar-refractivity contribution in [3.05, 3.63) is 176 Å². The summed E-state index contributed by atoms with van der Waals surface area (Å²) in [7, 11) is 0. The maximum atomic E-state index is 12.1. The van der Waals surface area contributed by atoms with Gasteiger partial charge in [-0.3, -0.25) is 24.4 Å². The number of pyridine rings is 1. The third-order valence-corrected chi connectivity index (χ3v) is 19.7. The molecule has 94 heavy (non-hydrogen) atoms. The van der Waals surface area contributed by atoms with Crippen molar-refractivity contribution in [3.8, 4) is 33.4 Å². The lowest BCUT2D eigenvalue weighted by Gasteiger charge is -2.41. The lowest BCUT2D eigenvalue weighted by molar-refractivity contribution is 0.0997. The molecule has 478 valence electrons. The monoisotopic (exact) mass is 1250 g/mol. The van der Waals surface area contributed by atoms with E-state index in [4.69, 9.17) is 20.7 Å². The van der Waals surface area contributed by atoms with E-state index in [-0.39, 0.29) is 5.78 Å². The molecule has 5 fully saturated rings. The van der Waals surface area contributed by atoms with Crippen molar-refractivity contribution in [2.45, 2.75) is 51.6 Å². The van der Waals surface area contributed by atoms with Crippen LogP contribution in [0.2, 0.25) is 0 Å². The lowest BCUT2D eigenvalue weighted by Crippen LogP contribution is -2.52. The summed E-state index contributed by atoms with van der Waals surface area (Å²) < 4.78 is 5.63. The van der Waals surface area contributed by atoms with Gasteiger partial charge in [0.05, 0.1) is 78.4 Å². The number of hydrogen-bond donors (Lipinski definition) is 4. The number of carbonyl (C=O) groups excluding carboxylic acids is 2. The van der Waals surface area contributed by atoms with Crippen molar-refractivity contribution in [2.75, 3.05) is 119 Å². The van der Waals surface area contributed by atoms with E-state index in [1.807, 2.05) is 130 Å². The van der Waals surface area contributed by atoms with E-state index in [1.165, 1.54) is 25.7 Å². The fraction of sp³-hybridized carbons (Fsp3) is 0.329. The normalized spacial score (nSPS) is 17.2. The summed E-state index contributed by atoms with van der Waals surface area (Å²) in [5, 5.41) is 29.1. The summed E-state index contributed by atoms with van der Waals surface area (Å²) in [6, 6.07) is 35.3. The molecule has 0 spiro atoms. The zero-order chi connectivity index (χ0) is 63.7. The van der Waals surface area contributed by atoms with Gasteiger partial charge in [0.2, 0.25) is 5.91 Å². The van der Waals surface area contributed by atoms with E-state index in [1.54, 1.807) is 13.0 Å². The molecule has 21 heteroatoms. The number of aryl methyl sites for hydroxylation is 1. The number of carbonyl (C=O) groups is 2. The molecule has 12 heterocycles. The number of benzene rings is 5. The van der Waals surface area contributed by atoms with E-state index in [0.29, 0.717) is 11.6 Å². The largest absolute Gasteiger partial charge is 0.366 e. The molecule has 21 nitrogen and oxygen atoms in total. The highest BCUT2D eigenvalue weighted by Gasteiger charge is 2.28. The third kappa shape index (κ3) is 12.2. The van der Waals surface area contributed by atoms with Gasteiger partial charge in [-0.1, -0.05) is 84.9 Å². The second-order valence-corrected chi connectivity index (χ2v) is 25.3. The van der Waals surface area contributed by atoms with Gasteiger partial charge in [0.25, 0.3) is 0 Å². The van der Waals surface area contributed by atoms with E-state index in [2.05, 4.69) is 104 Å². The van der Waals surface area contributed by atoms with Crippen LogP contribution in [-0.2, 0) is 0 Å². The number of nitrogens with two attached hydrogens (primary N) is 1. The molecule has 5 aliphatic heterocycles. The Labute approximate surface area is 545 Å². The number of piperazine rings is 3. The van der Waals surface area contributed by atoms with E-state index in [0.717, 1.165) is 222 Å². The highest BCUT2D eigenvalue weighted by Crippen LogP contribution is 2.37. The van der Waals surface area contributed by atoms with Crippen LogP contribution in [0.3, 0.4) is 0 Å². The van der Waals surface area contributed by atoms with Gasteiger partial charge in [-0.05, 0) is 122 Å². The van der Waals surface area contributed by atoms with Gasteiger partial charge < -0.3 is 36.4 Å². The SMILES string of the molecule is CC(=O)c1cccc2c(-c3cnn4cc(N5CCN(C6CCNCC6)CC5)cnc34)cccc12.Cc1cc(-c2cnn3cc(N4CCNCC4)cnc23)c2ccccc2n1.NC(=O)c1ccc(-c2cnn3cc(N4CCN(C5CCNCC5)CC4)cnc23)c2ccccc12. The number of nitrogens with one attached hydrogen (secondary N) is 3. The van der Waals surface area contributed by atoms with Crippen molar-refractivity contribution < 1.29 is 9.59 Å². The second-order valence-electron chi connectivity index (χ2n) is 25.3. The molecule has 12 aromatic rings. The minimum absolute atomic E-state index is 0.0747. The number of anilines is 3. The first kappa shape index (κ1) is 60.5. The van der Waals surface area contributed by atoms with Gasteiger partial charge in [0.1, 0.15) is 0 Å². The van der Waals surface area contributed by atoms with Crippen LogP contribution in [-0.4, -0.2) is 187 Å². The summed E-state index contributed by atoms with van der Waals surface area (Å²) in [6.45, 7) is 20.6. The van der Waals surface area contributed by atoms with Crippen molar-refractivity contribution in [2.24, 2.45) is 5.73 Å². The minimum atomic E-state index is -0.425. The number of nitrogens with zero attached hydrogens (tertiary/aromatic N) is 15. The number of piperidine rings is 2. The van der Waals surface area contributed by atoms with Gasteiger partial charge in [-0.15, -0.1) is 0 Å². The molecule has 0 atom stereocenters. The molecule has 5 saturated heterocycles. The number of Topliss-reactive ketones (excluding diaryl/α,β-unsaturated/α-hetero) is 1. The molecular formula is C73H79N19O2. The predicted molar refractivity (Wildman–Crippen MR) is 373 cm³/mol. The fourth-order valence-corrected chi connectivity index (χ4v) is 14.7. The quantitative estimate of drug-likeness (QED) is 0.0941. The number of rotatable bonds is 10. The lowest BCUT2D eigenvalue weighted by atomic mass is 9.95. The Bertz CT molecular complexity index is 4570. The number of hydrogen-bond acceptors (Lipinski definition) is 17. The molecule has 0 bridgehead atoms. The number of amides is 1. The van der Waals surface area contributed by atoms with Gasteiger partial charge >= 0.3 is 0 Å². The zero-order valence-corrected chi connectivity index (χ0v) is 53.4. The number of ketones is 1. The van der Waals surface area contributed by atoms with Crippen LogP contribution in [0.25, 0.3) is 82.8 Å². The smallest absolute Gasteiger partial charge is 0.249 e. The first-order chi connectivity index (χ1) is 46.2. The Morgan fingerprint density at radius 3 is 1.37 bits per heavy atom. The molecule has 5 aromatic carbocycles. The van der Waals surface area contributed by atoms with Crippen LogP contribution in [0.5, 0.6) is 0 Å². The summed E-state index contributed by atoms with van der Waals surface area (Å²) in [4.78, 5) is 55.5. The highest BCUT2D eigenvalue weighted by molar-refractivity contribution is 6.12. The zero-order valence-electron chi connectivity index (χ0n) is 53.4. The molecule has 7 aromatic heterocycles. The van der Waals surface area contributed by atoms with Gasteiger partial charge in [0, 0.05) is 130 Å². The Morgan fingerprint density at radius 1 is 0.426 bits per heavy atom. The number of primary amides is 1. The minimum Gasteiger partial charge on any atom is -0.366 e. The summed E-state index contributed by atoms with van der Waals surface area (Å²) in [5.41, 5.74) is 20.8. The number of fused-ring (bicyclic) bond motifs is 6. The third-order valence-electron chi connectivity index (χ3n) is 19.7. The average molecular weight is 1250 g/mol. The predicted octanol–water partition coefficient (Wildman–Crippen LogP) is 8.81. The molecule has 1 amide bonds. The van der Waals surface area contributed by atoms with Crippen molar-refractivity contribution >= 4 is 78.1 Å². The summed E-state index contributed by atoms with van der Waals surface area (Å²) in [6.07, 6.45) is 22.8. The Morgan fingerprint density at radius 2 is 0.851 bits per heavy atom. The summed E-state index contributed by atoms with van der Waals surface area (Å²) in [5.74, 6) is -0.351. The fourth-order valence-electron chi connectivity index (χ4n) is 14.7. The van der Waals surface area contributed by atoms with Crippen LogP contribution in [0, 0.1) is 6.92 Å². The van der Waals surface area contributed by atoms with Crippen molar-refractivity contribution in [1.29, 1.82) is 0 Å². The first-order valence-corrected chi connectivity index (χ1v) is 33.2. The molecule has 5 aliphatic rings. The van der Waals surface area contributed by atoms with E-state index in [9.17, 15) is 9.59 Å². The maximum Gasteiger partial charge on any atom is 0.249 e. The van der Waals surface area contributed by atoms with Crippen LogP contribution < -0.4 is 36.4 Å². The molecule has 0 radical (unpaired) electrons. The Balaban J connectivity index is 0.000000118. The first-order valence-electron chi connectivity index (χ1n) is 33.2. The average Bonchev–Trinajstić information content (AvgIpc) is 1.51. The van der Waals surface area contributed by atoms with Crippen molar-refractivity contribution in [1.82, 2.24) is 74.5 Å². The summed E-state index contributed by atoms with van der Waals surface area (Å²) >= 11 is 0. The Kier molecular flexibility index (Phi) is 17.2. The van der Waals surface area contributed by atoms with Gasteiger partial charge in [-0.2, -0.15) is 15.3 Å². The molecule has 0 saturated carbocycles. The van der Waals surface area contributed by atoms with Crippen LogP contribution >= 0.6 is 0 Å². The van der Waals surface area contributed by atoms with Gasteiger partial charge in [0.15, 0.2) is 22.7 Å². The molecule has 0 unspecified atom stereocenters. The standard InChI is InChI=1S/C27H30N6O.C26H29N7O.C20H20N6/c1-19(34)22-4-2-6-24-23(22)5-3-7-25(24)26-17-30-33-18-21(16-29-27(26)33)32-14-12-31(13-15-32)20-8-10-28-11-9-20;27-25(34)23-6-5-22(20-3-1-2-4-21(20)23)24-16-30-33-17-19(15-29-26(24)33)32-13-11-31(12-14-32)18-7-9-28-10-8-18;1-14-10-17(16-4-2-3-5-19(16)24-14)18-12-23-26-13-15(11-22-20(18)26)25-8-6-21-7-9-25/h2-7,16-18,20,28H,8-15H2,1H3;1-6,15-18,28H,7-14H2,(H2,27,34);2-5,10-13,21H,6-9H2,1H3. The topological polar surface area (TPSA) is 216 Å². The number of para-hydroxylation sites is 1. The van der Waals surface area contributed by atoms with Crippen LogP contribution in [0.15, 0.2) is 159 Å². The molecular weight excluding hydrogens is 1170 g/mol. The van der Waals surface area contributed by atoms with E-state index < -0.39 is 5.91 Å². The van der Waals surface area contributed by atoms with E-state index >= 15 is 0 Å². The van der Waals surface area contributed by atoms with Gasteiger partial charge in [-0.25, -0.2) is 28.5 Å². The highest BCUT2D eigenvalue weighted by atomic mass is 16.1. The van der Waals surface area contributed by atoms with Crippen LogP contribution in [0.4, 0.5) is 17.1 Å². The number of aromatic nitrogens is 10. The molecule has 17 rings (SSSR count). The second kappa shape index (κ2) is 26.7. The molecule has 5 N–H and O–H groups in total. The maximum absolute atomic E-state index is 12.1. The van der Waals surface area contributed by atoms with Crippen LogP contribution in [0.1, 0.15) is 59.0 Å². The Hall–Kier alpha value is -9.77. The van der Waals surface area contributed by atoms with Crippen molar-refractivity contribution in [3.63, 3.8) is 0 Å². The molecule has 0 aliphatic carbocycles.